The molecular formula is C16H16ClN3S. The molecule has 2 aromatic rings. The number of benzene rings is 1. The first-order chi connectivity index (χ1) is 10.2. The second-order valence-electron chi connectivity index (χ2n) is 4.69. The fourth-order valence-corrected chi connectivity index (χ4v) is 3.12. The van der Waals surface area contributed by atoms with Gasteiger partial charge in [-0.2, -0.15) is 5.26 Å². The summed E-state index contributed by atoms with van der Waals surface area (Å²) in [7, 11) is 2.10. The topological polar surface area (TPSA) is 39.9 Å². The molecule has 0 atom stereocenters. The summed E-state index contributed by atoms with van der Waals surface area (Å²) < 4.78 is 0. The molecule has 0 bridgehead atoms. The molecule has 0 radical (unpaired) electrons. The number of nitriles is 1. The third-order valence-corrected chi connectivity index (χ3v) is 4.33. The summed E-state index contributed by atoms with van der Waals surface area (Å²) in [6.45, 7) is 1.87. The highest BCUT2D eigenvalue weighted by Crippen LogP contribution is 2.25. The van der Waals surface area contributed by atoms with Crippen LogP contribution in [0, 0.1) is 11.3 Å². The van der Waals surface area contributed by atoms with Crippen LogP contribution < -0.4 is 0 Å². The Morgan fingerprint density at radius 1 is 1.33 bits per heavy atom. The van der Waals surface area contributed by atoms with Crippen molar-refractivity contribution in [2.45, 2.75) is 11.6 Å². The van der Waals surface area contributed by atoms with E-state index in [1.54, 1.807) is 24.0 Å². The lowest BCUT2D eigenvalue weighted by molar-refractivity contribution is 0.348. The van der Waals surface area contributed by atoms with Crippen LogP contribution in [0.15, 0.2) is 47.6 Å². The quantitative estimate of drug-likeness (QED) is 0.759. The van der Waals surface area contributed by atoms with Gasteiger partial charge in [0.05, 0.1) is 10.6 Å². The van der Waals surface area contributed by atoms with Crippen molar-refractivity contribution in [3.8, 4) is 6.07 Å². The minimum Gasteiger partial charge on any atom is -0.301 e. The number of rotatable bonds is 6. The van der Waals surface area contributed by atoms with Crippen LogP contribution in [0.4, 0.5) is 0 Å². The van der Waals surface area contributed by atoms with Crippen LogP contribution in [0.5, 0.6) is 0 Å². The molecule has 0 unspecified atom stereocenters. The van der Waals surface area contributed by atoms with Gasteiger partial charge in [0.25, 0.3) is 0 Å². The van der Waals surface area contributed by atoms with Crippen LogP contribution >= 0.6 is 23.4 Å². The van der Waals surface area contributed by atoms with Crippen LogP contribution in [0.3, 0.4) is 0 Å². The van der Waals surface area contributed by atoms with Crippen molar-refractivity contribution in [2.24, 2.45) is 0 Å². The second-order valence-corrected chi connectivity index (χ2v) is 6.19. The van der Waals surface area contributed by atoms with Crippen molar-refractivity contribution in [2.75, 3.05) is 19.3 Å². The molecule has 0 aliphatic heterocycles. The number of hydrogen-bond donors (Lipinski definition) is 0. The average molecular weight is 318 g/mol. The lowest BCUT2D eigenvalue weighted by atomic mass is 10.2. The Labute approximate surface area is 134 Å². The van der Waals surface area contributed by atoms with E-state index < -0.39 is 0 Å². The molecule has 108 valence electrons. The molecule has 0 aliphatic carbocycles. The van der Waals surface area contributed by atoms with Gasteiger partial charge in [-0.1, -0.05) is 41.9 Å². The SMILES string of the molecule is CN(CCSc1ncc(C#N)cc1Cl)Cc1ccccc1. The average Bonchev–Trinajstić information content (AvgIpc) is 2.50. The highest BCUT2D eigenvalue weighted by molar-refractivity contribution is 7.99. The molecule has 0 saturated heterocycles. The van der Waals surface area contributed by atoms with Crippen LogP contribution in [-0.4, -0.2) is 29.2 Å². The van der Waals surface area contributed by atoms with E-state index in [0.717, 1.165) is 23.9 Å². The van der Waals surface area contributed by atoms with E-state index in [1.165, 1.54) is 5.56 Å². The van der Waals surface area contributed by atoms with E-state index in [-0.39, 0.29) is 0 Å². The van der Waals surface area contributed by atoms with Crippen LogP contribution in [-0.2, 0) is 6.54 Å². The van der Waals surface area contributed by atoms with Gasteiger partial charge in [0.15, 0.2) is 0 Å². The third-order valence-electron chi connectivity index (χ3n) is 2.94. The Bertz CT molecular complexity index is 625. The van der Waals surface area contributed by atoms with Gasteiger partial charge >= 0.3 is 0 Å². The minimum atomic E-state index is 0.491. The predicted molar refractivity (Wildman–Crippen MR) is 87.5 cm³/mol. The molecule has 1 aromatic heterocycles. The van der Waals surface area contributed by atoms with Gasteiger partial charge in [0, 0.05) is 25.0 Å². The fourth-order valence-electron chi connectivity index (χ4n) is 1.87. The largest absolute Gasteiger partial charge is 0.301 e. The Morgan fingerprint density at radius 2 is 2.10 bits per heavy atom. The second kappa shape index (κ2) is 8.04. The van der Waals surface area contributed by atoms with E-state index in [2.05, 4.69) is 41.2 Å². The van der Waals surface area contributed by atoms with Gasteiger partial charge < -0.3 is 4.90 Å². The van der Waals surface area contributed by atoms with Gasteiger partial charge in [-0.05, 0) is 18.7 Å². The van der Waals surface area contributed by atoms with Crippen LogP contribution in [0.2, 0.25) is 5.02 Å². The maximum absolute atomic E-state index is 8.78. The van der Waals surface area contributed by atoms with Gasteiger partial charge in [0.2, 0.25) is 0 Å². The summed E-state index contributed by atoms with van der Waals surface area (Å²) in [5, 5.41) is 10.1. The minimum absolute atomic E-state index is 0.491. The number of thioether (sulfide) groups is 1. The number of halogens is 1. The molecule has 5 heteroatoms. The first kappa shape index (κ1) is 15.8. The standard InChI is InChI=1S/C16H16ClN3S/c1-20(12-13-5-3-2-4-6-13)7-8-21-16-15(17)9-14(10-18)11-19-16/h2-6,9,11H,7-8,12H2,1H3. The molecule has 0 aliphatic rings. The Hall–Kier alpha value is -1.54. The van der Waals surface area contributed by atoms with Crippen molar-refractivity contribution in [1.29, 1.82) is 5.26 Å². The van der Waals surface area contributed by atoms with Crippen molar-refractivity contribution >= 4 is 23.4 Å². The number of nitrogens with zero attached hydrogens (tertiary/aromatic N) is 3. The molecule has 2 rings (SSSR count). The maximum atomic E-state index is 8.78. The monoisotopic (exact) mass is 317 g/mol. The Kier molecular flexibility index (Phi) is 6.06. The summed E-state index contributed by atoms with van der Waals surface area (Å²) in [5.74, 6) is 0.905. The molecule has 0 saturated carbocycles. The van der Waals surface area contributed by atoms with E-state index in [4.69, 9.17) is 16.9 Å². The van der Waals surface area contributed by atoms with Gasteiger partial charge in [-0.25, -0.2) is 4.98 Å². The van der Waals surface area contributed by atoms with Crippen LogP contribution in [0.1, 0.15) is 11.1 Å². The summed E-state index contributed by atoms with van der Waals surface area (Å²) in [6.07, 6.45) is 1.56. The molecule has 3 nitrogen and oxygen atoms in total. The van der Waals surface area contributed by atoms with Gasteiger partial charge in [-0.15, -0.1) is 11.8 Å². The molecule has 1 aromatic carbocycles. The number of pyridine rings is 1. The van der Waals surface area contributed by atoms with Crippen LogP contribution in [0.25, 0.3) is 0 Å². The maximum Gasteiger partial charge on any atom is 0.115 e. The summed E-state index contributed by atoms with van der Waals surface area (Å²) in [4.78, 5) is 6.48. The molecule has 0 N–H and O–H groups in total. The first-order valence-corrected chi connectivity index (χ1v) is 7.96. The molecule has 1 heterocycles. The van der Waals surface area contributed by atoms with Gasteiger partial charge in [-0.3, -0.25) is 0 Å². The Morgan fingerprint density at radius 3 is 2.76 bits per heavy atom. The zero-order chi connectivity index (χ0) is 15.1. The highest BCUT2D eigenvalue weighted by atomic mass is 35.5. The molecule has 21 heavy (non-hydrogen) atoms. The van der Waals surface area contributed by atoms with E-state index >= 15 is 0 Å². The summed E-state index contributed by atoms with van der Waals surface area (Å²) in [5.41, 5.74) is 1.80. The van der Waals surface area contributed by atoms with E-state index in [9.17, 15) is 0 Å². The first-order valence-electron chi connectivity index (χ1n) is 6.60. The molecule has 0 spiro atoms. The summed E-state index contributed by atoms with van der Waals surface area (Å²) in [6, 6.07) is 14.1. The zero-order valence-corrected chi connectivity index (χ0v) is 13.4. The summed E-state index contributed by atoms with van der Waals surface area (Å²) >= 11 is 7.72. The van der Waals surface area contributed by atoms with E-state index in [1.807, 2.05) is 12.1 Å². The Balaban J connectivity index is 1.80. The van der Waals surface area contributed by atoms with Crippen molar-refractivity contribution in [1.82, 2.24) is 9.88 Å². The smallest absolute Gasteiger partial charge is 0.115 e. The lowest BCUT2D eigenvalue weighted by Gasteiger charge is -2.16. The van der Waals surface area contributed by atoms with Gasteiger partial charge in [0.1, 0.15) is 11.1 Å². The number of aromatic nitrogens is 1. The highest BCUT2D eigenvalue weighted by Gasteiger charge is 2.06. The lowest BCUT2D eigenvalue weighted by Crippen LogP contribution is -2.20. The van der Waals surface area contributed by atoms with Crippen molar-refractivity contribution in [3.05, 3.63) is 58.7 Å². The molecular weight excluding hydrogens is 302 g/mol. The fraction of sp³-hybridized carbons (Fsp3) is 0.250. The predicted octanol–water partition coefficient (Wildman–Crippen LogP) is 3.83. The molecule has 0 fully saturated rings. The zero-order valence-electron chi connectivity index (χ0n) is 11.8. The van der Waals surface area contributed by atoms with Crippen molar-refractivity contribution in [3.63, 3.8) is 0 Å². The van der Waals surface area contributed by atoms with E-state index in [0.29, 0.717) is 10.6 Å². The van der Waals surface area contributed by atoms with Crippen molar-refractivity contribution < 1.29 is 0 Å². The molecule has 0 amide bonds. The number of hydrogen-bond acceptors (Lipinski definition) is 4. The third kappa shape index (κ3) is 5.05. The normalized spacial score (nSPS) is 10.6.